The molecule has 3 aromatic rings. The molecule has 0 saturated heterocycles. The summed E-state index contributed by atoms with van der Waals surface area (Å²) in [6.45, 7) is 2.42. The summed E-state index contributed by atoms with van der Waals surface area (Å²) in [6, 6.07) is 21.4. The highest BCUT2D eigenvalue weighted by Gasteiger charge is 2.21. The van der Waals surface area contributed by atoms with Crippen LogP contribution >= 0.6 is 11.6 Å². The molecule has 0 unspecified atom stereocenters. The van der Waals surface area contributed by atoms with Crippen LogP contribution in [0.2, 0.25) is 5.02 Å². The number of hydrogen-bond donors (Lipinski definition) is 1. The first-order chi connectivity index (χ1) is 15.9. The number of methoxy groups -OCH3 is 1. The zero-order valence-corrected chi connectivity index (χ0v) is 19.6. The molecule has 0 saturated carbocycles. The number of amides is 2. The molecule has 6 nitrogen and oxygen atoms in total. The summed E-state index contributed by atoms with van der Waals surface area (Å²) in [5, 5.41) is 3.05. The van der Waals surface area contributed by atoms with Crippen LogP contribution in [0.3, 0.4) is 0 Å². The first-order valence-corrected chi connectivity index (χ1v) is 10.9. The van der Waals surface area contributed by atoms with Crippen molar-refractivity contribution in [2.24, 2.45) is 0 Å². The van der Waals surface area contributed by atoms with Crippen LogP contribution in [0, 0.1) is 0 Å². The zero-order chi connectivity index (χ0) is 23.8. The average molecular weight is 467 g/mol. The minimum Gasteiger partial charge on any atom is -0.493 e. The molecule has 7 heteroatoms. The van der Waals surface area contributed by atoms with Crippen LogP contribution in [0.5, 0.6) is 11.5 Å². The fourth-order valence-electron chi connectivity index (χ4n) is 3.33. The summed E-state index contributed by atoms with van der Waals surface area (Å²) in [6.07, 6.45) is 0. The lowest BCUT2D eigenvalue weighted by Gasteiger charge is -2.23. The second-order valence-electron chi connectivity index (χ2n) is 7.63. The topological polar surface area (TPSA) is 67.9 Å². The van der Waals surface area contributed by atoms with Crippen LogP contribution in [-0.2, 0) is 17.9 Å². The van der Waals surface area contributed by atoms with E-state index in [4.69, 9.17) is 21.1 Å². The molecule has 3 aromatic carbocycles. The van der Waals surface area contributed by atoms with Gasteiger partial charge in [-0.2, -0.15) is 0 Å². The summed E-state index contributed by atoms with van der Waals surface area (Å²) in [5.41, 5.74) is 2.26. The lowest BCUT2D eigenvalue weighted by Crippen LogP contribution is -2.45. The molecule has 1 atom stereocenters. The molecule has 172 valence electrons. The maximum Gasteiger partial charge on any atom is 0.253 e. The summed E-state index contributed by atoms with van der Waals surface area (Å²) in [4.78, 5) is 26.8. The lowest BCUT2D eigenvalue weighted by molar-refractivity contribution is -0.132. The molecule has 0 aliphatic rings. The predicted octanol–water partition coefficient (Wildman–Crippen LogP) is 4.70. The molecule has 0 bridgehead atoms. The van der Waals surface area contributed by atoms with Gasteiger partial charge in [0.25, 0.3) is 5.91 Å². The van der Waals surface area contributed by atoms with Gasteiger partial charge in [-0.05, 0) is 42.3 Å². The zero-order valence-electron chi connectivity index (χ0n) is 18.9. The molecule has 0 aromatic heterocycles. The largest absolute Gasteiger partial charge is 0.493 e. The number of rotatable bonds is 9. The van der Waals surface area contributed by atoms with Crippen molar-refractivity contribution in [3.63, 3.8) is 0 Å². The highest BCUT2D eigenvalue weighted by Crippen LogP contribution is 2.29. The van der Waals surface area contributed by atoms with Crippen molar-refractivity contribution in [3.8, 4) is 11.5 Å². The van der Waals surface area contributed by atoms with Crippen molar-refractivity contribution in [2.45, 2.75) is 26.1 Å². The Morgan fingerprint density at radius 2 is 1.67 bits per heavy atom. The maximum atomic E-state index is 12.8. The number of nitrogens with one attached hydrogen (secondary N) is 1. The van der Waals surface area contributed by atoms with E-state index >= 15 is 0 Å². The number of likely N-dealkylation sites (N-methyl/N-ethyl adjacent to an activating group) is 1. The van der Waals surface area contributed by atoms with Crippen LogP contribution in [-0.4, -0.2) is 36.9 Å². The predicted molar refractivity (Wildman–Crippen MR) is 129 cm³/mol. The molecule has 3 rings (SSSR count). The Hall–Kier alpha value is -3.51. The molecule has 0 spiro atoms. The van der Waals surface area contributed by atoms with Gasteiger partial charge in [0.1, 0.15) is 12.6 Å². The van der Waals surface area contributed by atoms with Gasteiger partial charge in [0.2, 0.25) is 5.91 Å². The number of hydrogen-bond acceptors (Lipinski definition) is 4. The molecule has 0 aliphatic carbocycles. The highest BCUT2D eigenvalue weighted by atomic mass is 35.5. The molecular formula is C26H27ClN2O4. The van der Waals surface area contributed by atoms with Crippen molar-refractivity contribution in [1.82, 2.24) is 10.2 Å². The molecule has 0 aliphatic heterocycles. The molecular weight excluding hydrogens is 440 g/mol. The van der Waals surface area contributed by atoms with Crippen LogP contribution in [0.4, 0.5) is 0 Å². The number of nitrogens with zero attached hydrogens (tertiary/aromatic N) is 1. The number of ether oxygens (including phenoxy) is 2. The van der Waals surface area contributed by atoms with Crippen LogP contribution < -0.4 is 14.8 Å². The van der Waals surface area contributed by atoms with E-state index in [1.165, 1.54) is 0 Å². The Morgan fingerprint density at radius 1 is 0.970 bits per heavy atom. The first-order valence-electron chi connectivity index (χ1n) is 10.5. The Balaban J connectivity index is 1.60. The Labute approximate surface area is 199 Å². The van der Waals surface area contributed by atoms with Crippen LogP contribution in [0.25, 0.3) is 0 Å². The standard InChI is InChI=1S/C26H27ClN2O4/c1-18(28-25(30)21-11-7-8-12-22(21)27)26(31)29(2)16-20-13-14-23(24(15-20)32-3)33-17-19-9-5-4-6-10-19/h4-15,18H,16-17H2,1-3H3,(H,28,30)/t18-/m0/s1. The van der Waals surface area contributed by atoms with Crippen molar-refractivity contribution in [2.75, 3.05) is 14.2 Å². The van der Waals surface area contributed by atoms with Gasteiger partial charge in [-0.1, -0.05) is 60.1 Å². The second kappa shape index (κ2) is 11.4. The van der Waals surface area contributed by atoms with E-state index in [2.05, 4.69) is 5.32 Å². The maximum absolute atomic E-state index is 12.8. The molecule has 1 N–H and O–H groups in total. The Bertz CT molecular complexity index is 1100. The molecule has 0 fully saturated rings. The van der Waals surface area contributed by atoms with Crippen molar-refractivity contribution >= 4 is 23.4 Å². The summed E-state index contributed by atoms with van der Waals surface area (Å²) < 4.78 is 11.4. The molecule has 33 heavy (non-hydrogen) atoms. The number of carbonyl (C=O) groups excluding carboxylic acids is 2. The normalized spacial score (nSPS) is 11.4. The van der Waals surface area contributed by atoms with E-state index in [1.807, 2.05) is 48.5 Å². The third-order valence-corrected chi connectivity index (χ3v) is 5.43. The third kappa shape index (κ3) is 6.49. The van der Waals surface area contributed by atoms with Gasteiger partial charge >= 0.3 is 0 Å². The molecule has 0 heterocycles. The number of halogens is 1. The van der Waals surface area contributed by atoms with E-state index in [-0.39, 0.29) is 5.91 Å². The van der Waals surface area contributed by atoms with E-state index in [0.29, 0.717) is 35.2 Å². The Kier molecular flexibility index (Phi) is 8.33. The van der Waals surface area contributed by atoms with Gasteiger partial charge < -0.3 is 19.7 Å². The second-order valence-corrected chi connectivity index (χ2v) is 8.04. The smallest absolute Gasteiger partial charge is 0.253 e. The minimum absolute atomic E-state index is 0.223. The average Bonchev–Trinajstić information content (AvgIpc) is 2.83. The van der Waals surface area contributed by atoms with E-state index in [0.717, 1.165) is 11.1 Å². The highest BCUT2D eigenvalue weighted by molar-refractivity contribution is 6.33. The minimum atomic E-state index is -0.714. The summed E-state index contributed by atoms with van der Waals surface area (Å²) in [7, 11) is 3.27. The van der Waals surface area contributed by atoms with Gasteiger partial charge in [-0.25, -0.2) is 0 Å². The van der Waals surface area contributed by atoms with Gasteiger partial charge in [-0.3, -0.25) is 9.59 Å². The quantitative estimate of drug-likeness (QED) is 0.496. The van der Waals surface area contributed by atoms with E-state index < -0.39 is 11.9 Å². The SMILES string of the molecule is COc1cc(CN(C)C(=O)[C@H](C)NC(=O)c2ccccc2Cl)ccc1OCc1ccccc1. The van der Waals surface area contributed by atoms with E-state index in [1.54, 1.807) is 50.2 Å². The Morgan fingerprint density at radius 3 is 2.36 bits per heavy atom. The van der Waals surface area contributed by atoms with Gasteiger partial charge in [0.15, 0.2) is 11.5 Å². The summed E-state index contributed by atoms with van der Waals surface area (Å²) >= 11 is 6.07. The van der Waals surface area contributed by atoms with Gasteiger partial charge in [0, 0.05) is 13.6 Å². The van der Waals surface area contributed by atoms with Crippen molar-refractivity contribution in [1.29, 1.82) is 0 Å². The fraction of sp³-hybridized carbons (Fsp3) is 0.231. The first kappa shape index (κ1) is 24.1. The number of carbonyl (C=O) groups is 2. The number of benzene rings is 3. The summed E-state index contributed by atoms with van der Waals surface area (Å²) in [5.74, 6) is 0.596. The van der Waals surface area contributed by atoms with Crippen molar-refractivity contribution < 1.29 is 19.1 Å². The molecule has 0 radical (unpaired) electrons. The lowest BCUT2D eigenvalue weighted by atomic mass is 10.1. The third-order valence-electron chi connectivity index (χ3n) is 5.10. The fourth-order valence-corrected chi connectivity index (χ4v) is 3.55. The van der Waals surface area contributed by atoms with Gasteiger partial charge in [0.05, 0.1) is 17.7 Å². The van der Waals surface area contributed by atoms with Crippen LogP contribution in [0.15, 0.2) is 72.8 Å². The monoisotopic (exact) mass is 466 g/mol. The molecule has 2 amide bonds. The van der Waals surface area contributed by atoms with E-state index in [9.17, 15) is 9.59 Å². The van der Waals surface area contributed by atoms with Gasteiger partial charge in [-0.15, -0.1) is 0 Å². The van der Waals surface area contributed by atoms with Crippen molar-refractivity contribution in [3.05, 3.63) is 94.5 Å². The van der Waals surface area contributed by atoms with Crippen LogP contribution in [0.1, 0.15) is 28.4 Å².